The predicted octanol–water partition coefficient (Wildman–Crippen LogP) is 1.35. The zero-order chi connectivity index (χ0) is 8.23. The normalized spacial score (nSPS) is 9.23. The molecule has 0 aliphatic heterocycles. The third-order valence-electron chi connectivity index (χ3n) is 1.28. The molecule has 2 aromatic rings. The van der Waals surface area contributed by atoms with E-state index >= 15 is 0 Å². The van der Waals surface area contributed by atoms with Crippen LogP contribution >= 0.6 is 11.8 Å². The van der Waals surface area contributed by atoms with Gasteiger partial charge < -0.3 is 0 Å². The first-order valence-corrected chi connectivity index (χ1v) is 4.23. The smallest absolute Gasteiger partial charge is 0.176 e. The fraction of sp³-hybridized carbons (Fsp3) is 0. The van der Waals surface area contributed by atoms with Crippen LogP contribution in [0.25, 0.3) is 0 Å². The fourth-order valence-electron chi connectivity index (χ4n) is 0.790. The van der Waals surface area contributed by atoms with Gasteiger partial charge in [0.15, 0.2) is 0 Å². The quantitative estimate of drug-likeness (QED) is 0.847. The van der Waals surface area contributed by atoms with Crippen LogP contribution in [-0.4, -0.2) is 20.6 Å². The number of rotatable bonds is 2. The predicted molar refractivity (Wildman–Crippen MR) is 44.7 cm³/mol. The van der Waals surface area contributed by atoms with Gasteiger partial charge in [-0.05, 0) is 29.1 Å². The average molecular weight is 286 g/mol. The van der Waals surface area contributed by atoms with E-state index in [9.17, 15) is 0 Å². The van der Waals surface area contributed by atoms with Crippen LogP contribution in [0, 0.1) is 0 Å². The summed E-state index contributed by atoms with van der Waals surface area (Å²) in [4.78, 5) is 1.11. The topological polar surface area (TPSA) is 54.5 Å². The maximum absolute atomic E-state index is 3.83. The third-order valence-corrected chi connectivity index (χ3v) is 2.14. The molecule has 71 valence electrons. The zero-order valence-electron chi connectivity index (χ0n) is 6.44. The molecule has 0 bridgehead atoms. The summed E-state index contributed by atoms with van der Waals surface area (Å²) >= 11 is 1.48. The maximum atomic E-state index is 3.83. The molecule has 1 radical (unpaired) electrons. The molecule has 1 N–H and O–H groups in total. The summed E-state index contributed by atoms with van der Waals surface area (Å²) in [5.41, 5.74) is 0. The number of H-pyrrole nitrogens is 1. The van der Waals surface area contributed by atoms with E-state index < -0.39 is 0 Å². The van der Waals surface area contributed by atoms with Crippen molar-refractivity contribution in [2.24, 2.45) is 0 Å². The van der Waals surface area contributed by atoms with E-state index in [-0.39, 0.29) is 22.4 Å². The molecule has 0 saturated heterocycles. The van der Waals surface area contributed by atoms with Gasteiger partial charge in [-0.1, -0.05) is 18.2 Å². The Balaban J connectivity index is 0.000000845. The van der Waals surface area contributed by atoms with Crippen molar-refractivity contribution < 1.29 is 22.4 Å². The number of aromatic nitrogens is 4. The van der Waals surface area contributed by atoms with Crippen molar-refractivity contribution in [2.45, 2.75) is 10.1 Å². The number of benzene rings is 1. The molecule has 0 unspecified atom stereocenters. The maximum Gasteiger partial charge on any atom is 0.235 e. The van der Waals surface area contributed by atoms with Gasteiger partial charge in [-0.25, -0.2) is 0 Å². The molecule has 0 spiro atoms. The van der Waals surface area contributed by atoms with Gasteiger partial charge in [-0.3, -0.25) is 0 Å². The number of nitrogens with zero attached hydrogens (tertiary/aromatic N) is 3. The van der Waals surface area contributed by atoms with E-state index in [4.69, 9.17) is 0 Å². The molecule has 1 heterocycles. The van der Waals surface area contributed by atoms with E-state index in [1.165, 1.54) is 11.8 Å². The van der Waals surface area contributed by atoms with E-state index in [1.54, 1.807) is 0 Å². The molecule has 2 rings (SSSR count). The minimum atomic E-state index is 0. The number of aromatic amines is 1. The van der Waals surface area contributed by atoms with Crippen molar-refractivity contribution in [3.63, 3.8) is 0 Å². The number of nitrogens with one attached hydrogen (secondary N) is 1. The van der Waals surface area contributed by atoms with Crippen LogP contribution in [0.15, 0.2) is 40.4 Å². The summed E-state index contributed by atoms with van der Waals surface area (Å²) < 4.78 is 0. The second-order valence-corrected chi connectivity index (χ2v) is 3.15. The molecule has 0 aliphatic carbocycles. The Labute approximate surface area is 95.0 Å². The van der Waals surface area contributed by atoms with Crippen LogP contribution in [0.2, 0.25) is 0 Å². The molecule has 0 aliphatic rings. The standard InChI is InChI=1S/C7H6N4S.Ag/c1-2-4-6(5-3-1)12-7-8-10-11-9-7;/h1-5H,(H,8,9,10,11);. The summed E-state index contributed by atoms with van der Waals surface area (Å²) in [7, 11) is 0. The molecular weight excluding hydrogens is 280 g/mol. The average Bonchev–Trinajstić information content (AvgIpc) is 2.59. The largest absolute Gasteiger partial charge is 0.235 e. The summed E-state index contributed by atoms with van der Waals surface area (Å²) in [6.45, 7) is 0. The van der Waals surface area contributed by atoms with Gasteiger partial charge in [0.25, 0.3) is 0 Å². The van der Waals surface area contributed by atoms with E-state index in [0.717, 1.165) is 4.90 Å². The van der Waals surface area contributed by atoms with Gasteiger partial charge in [0.1, 0.15) is 0 Å². The Bertz CT molecular complexity index is 337. The van der Waals surface area contributed by atoms with Gasteiger partial charge in [-0.15, -0.1) is 10.2 Å². The molecule has 0 saturated carbocycles. The number of tetrazole rings is 1. The Morgan fingerprint density at radius 1 is 1.15 bits per heavy atom. The first kappa shape index (κ1) is 10.5. The van der Waals surface area contributed by atoms with Crippen molar-refractivity contribution in [3.05, 3.63) is 30.3 Å². The third kappa shape index (κ3) is 2.96. The molecular formula is C7H6AgN4S. The van der Waals surface area contributed by atoms with Crippen LogP contribution in [-0.2, 0) is 22.4 Å². The Kier molecular flexibility index (Phi) is 4.17. The second-order valence-electron chi connectivity index (χ2n) is 2.11. The van der Waals surface area contributed by atoms with Gasteiger partial charge in [0, 0.05) is 27.3 Å². The molecule has 1 aromatic heterocycles. The first-order valence-electron chi connectivity index (χ1n) is 3.41. The summed E-state index contributed by atoms with van der Waals surface area (Å²) in [6, 6.07) is 9.92. The first-order chi connectivity index (χ1) is 5.95. The summed E-state index contributed by atoms with van der Waals surface area (Å²) in [5, 5.41) is 14.2. The summed E-state index contributed by atoms with van der Waals surface area (Å²) in [5.74, 6) is 0. The Hall–Kier alpha value is -0.620. The number of hydrogen-bond acceptors (Lipinski definition) is 4. The molecule has 6 heteroatoms. The van der Waals surface area contributed by atoms with Gasteiger partial charge in [-0.2, -0.15) is 5.21 Å². The molecule has 0 amide bonds. The van der Waals surface area contributed by atoms with Crippen LogP contribution in [0.4, 0.5) is 0 Å². The van der Waals surface area contributed by atoms with Gasteiger partial charge in [0.05, 0.1) is 0 Å². The SMILES string of the molecule is [Ag].c1ccc(Sc2nn[nH]n2)cc1. The monoisotopic (exact) mass is 285 g/mol. The molecule has 0 fully saturated rings. The Morgan fingerprint density at radius 2 is 1.92 bits per heavy atom. The van der Waals surface area contributed by atoms with Crippen LogP contribution in [0.1, 0.15) is 0 Å². The number of hydrogen-bond donors (Lipinski definition) is 1. The van der Waals surface area contributed by atoms with Crippen molar-refractivity contribution in [1.82, 2.24) is 20.6 Å². The molecule has 0 atom stereocenters. The van der Waals surface area contributed by atoms with Gasteiger partial charge >= 0.3 is 0 Å². The van der Waals surface area contributed by atoms with Crippen molar-refractivity contribution in [2.75, 3.05) is 0 Å². The van der Waals surface area contributed by atoms with Crippen molar-refractivity contribution in [3.8, 4) is 0 Å². The minimum Gasteiger partial charge on any atom is -0.176 e. The van der Waals surface area contributed by atoms with Crippen LogP contribution < -0.4 is 0 Å². The van der Waals surface area contributed by atoms with Crippen molar-refractivity contribution in [1.29, 1.82) is 0 Å². The fourth-order valence-corrected chi connectivity index (χ4v) is 1.46. The van der Waals surface area contributed by atoms with Crippen molar-refractivity contribution >= 4 is 11.8 Å². The minimum absolute atomic E-state index is 0. The molecule has 4 nitrogen and oxygen atoms in total. The van der Waals surface area contributed by atoms with Gasteiger partial charge in [0.2, 0.25) is 5.16 Å². The van der Waals surface area contributed by atoms with E-state index in [2.05, 4.69) is 20.6 Å². The van der Waals surface area contributed by atoms with Crippen LogP contribution in [0.5, 0.6) is 0 Å². The summed E-state index contributed by atoms with van der Waals surface area (Å²) in [6.07, 6.45) is 0. The molecule has 1 aromatic carbocycles. The van der Waals surface area contributed by atoms with E-state index in [1.807, 2.05) is 30.3 Å². The zero-order valence-corrected chi connectivity index (χ0v) is 8.74. The van der Waals surface area contributed by atoms with E-state index in [0.29, 0.717) is 5.16 Å². The van der Waals surface area contributed by atoms with Crippen LogP contribution in [0.3, 0.4) is 0 Å². The Morgan fingerprint density at radius 3 is 2.54 bits per heavy atom. The second kappa shape index (κ2) is 5.18. The molecule has 13 heavy (non-hydrogen) atoms.